The molecule has 1 aromatic carbocycles. The van der Waals surface area contributed by atoms with Crippen LogP contribution in [0.25, 0.3) is 0 Å². The molecule has 0 aliphatic carbocycles. The highest BCUT2D eigenvalue weighted by Crippen LogP contribution is 2.19. The number of aryl methyl sites for hydroxylation is 1. The van der Waals surface area contributed by atoms with Gasteiger partial charge in [0, 0.05) is 11.8 Å². The summed E-state index contributed by atoms with van der Waals surface area (Å²) in [5.41, 5.74) is 2.21. The number of hydrogen-bond acceptors (Lipinski definition) is 3. The summed E-state index contributed by atoms with van der Waals surface area (Å²) < 4.78 is 11.0. The Morgan fingerprint density at radius 2 is 2.17 bits per heavy atom. The van der Waals surface area contributed by atoms with Gasteiger partial charge in [-0.2, -0.15) is 0 Å². The van der Waals surface area contributed by atoms with Crippen LogP contribution in [0.2, 0.25) is 0 Å². The quantitative estimate of drug-likeness (QED) is 0.835. The fraction of sp³-hybridized carbons (Fsp3) is 0.333. The van der Waals surface area contributed by atoms with Gasteiger partial charge in [0.05, 0.1) is 19.4 Å². The molecule has 0 spiro atoms. The predicted octanol–water partition coefficient (Wildman–Crippen LogP) is 3.99. The van der Waals surface area contributed by atoms with Crippen molar-refractivity contribution in [2.45, 2.75) is 26.8 Å². The first kappa shape index (κ1) is 12.6. The largest absolute Gasteiger partial charge is 0.494 e. The van der Waals surface area contributed by atoms with Crippen LogP contribution < -0.4 is 10.1 Å². The van der Waals surface area contributed by atoms with Crippen LogP contribution in [0, 0.1) is 6.92 Å². The molecule has 0 atom stereocenters. The van der Waals surface area contributed by atoms with Crippen molar-refractivity contribution in [2.24, 2.45) is 0 Å². The highest BCUT2D eigenvalue weighted by Gasteiger charge is 2.02. The maximum atomic E-state index is 5.59. The second kappa shape index (κ2) is 6.15. The van der Waals surface area contributed by atoms with E-state index >= 15 is 0 Å². The van der Waals surface area contributed by atoms with Gasteiger partial charge in [0.25, 0.3) is 0 Å². The Morgan fingerprint density at radius 1 is 1.28 bits per heavy atom. The minimum absolute atomic E-state index is 0.691. The van der Waals surface area contributed by atoms with E-state index in [-0.39, 0.29) is 0 Å². The Labute approximate surface area is 108 Å². The first-order chi connectivity index (χ1) is 8.79. The summed E-state index contributed by atoms with van der Waals surface area (Å²) in [7, 11) is 0. The van der Waals surface area contributed by atoms with Gasteiger partial charge in [-0.25, -0.2) is 0 Å². The van der Waals surface area contributed by atoms with Crippen molar-refractivity contribution in [2.75, 3.05) is 11.9 Å². The average Bonchev–Trinajstić information content (AvgIpc) is 2.80. The number of hydrogen-bond donors (Lipinski definition) is 1. The van der Waals surface area contributed by atoms with Crippen molar-refractivity contribution in [3.05, 3.63) is 47.9 Å². The van der Waals surface area contributed by atoms with Crippen LogP contribution in [0.3, 0.4) is 0 Å². The minimum Gasteiger partial charge on any atom is -0.494 e. The molecule has 0 aliphatic rings. The maximum Gasteiger partial charge on any atom is 0.125 e. The van der Waals surface area contributed by atoms with Crippen molar-refractivity contribution in [3.8, 4) is 5.75 Å². The van der Waals surface area contributed by atoms with Gasteiger partial charge in [-0.15, -0.1) is 0 Å². The van der Waals surface area contributed by atoms with Crippen molar-refractivity contribution in [1.82, 2.24) is 0 Å². The summed E-state index contributed by atoms with van der Waals surface area (Å²) in [4.78, 5) is 0. The lowest BCUT2D eigenvalue weighted by Crippen LogP contribution is -2.00. The molecule has 1 N–H and O–H groups in total. The number of benzene rings is 1. The number of anilines is 1. The van der Waals surface area contributed by atoms with Gasteiger partial charge in [0.1, 0.15) is 11.5 Å². The van der Waals surface area contributed by atoms with Crippen LogP contribution in [0.1, 0.15) is 24.7 Å². The molecule has 1 aromatic heterocycles. The SMILES string of the molecule is CCCOc1cccc(NCc2occc2C)c1. The smallest absolute Gasteiger partial charge is 0.125 e. The molecule has 18 heavy (non-hydrogen) atoms. The van der Waals surface area contributed by atoms with Crippen LogP contribution in [-0.4, -0.2) is 6.61 Å². The third-order valence-electron chi connectivity index (χ3n) is 2.73. The predicted molar refractivity (Wildman–Crippen MR) is 73.0 cm³/mol. The molecule has 0 fully saturated rings. The normalized spacial score (nSPS) is 10.3. The number of nitrogens with one attached hydrogen (secondary N) is 1. The zero-order chi connectivity index (χ0) is 12.8. The molecular formula is C15H19NO2. The van der Waals surface area contributed by atoms with Crippen LogP contribution in [0.4, 0.5) is 5.69 Å². The van der Waals surface area contributed by atoms with Crippen molar-refractivity contribution >= 4 is 5.69 Å². The summed E-state index contributed by atoms with van der Waals surface area (Å²) in [6.45, 7) is 5.58. The van der Waals surface area contributed by atoms with Gasteiger partial charge in [0.2, 0.25) is 0 Å². The Hall–Kier alpha value is -1.90. The van der Waals surface area contributed by atoms with Crippen molar-refractivity contribution in [3.63, 3.8) is 0 Å². The van der Waals surface area contributed by atoms with Gasteiger partial charge >= 0.3 is 0 Å². The highest BCUT2D eigenvalue weighted by atomic mass is 16.5. The Bertz CT molecular complexity index is 491. The lowest BCUT2D eigenvalue weighted by atomic mass is 10.2. The fourth-order valence-corrected chi connectivity index (χ4v) is 1.68. The van der Waals surface area contributed by atoms with E-state index < -0.39 is 0 Å². The van der Waals surface area contributed by atoms with E-state index in [1.54, 1.807) is 6.26 Å². The topological polar surface area (TPSA) is 34.4 Å². The highest BCUT2D eigenvalue weighted by molar-refractivity contribution is 5.48. The van der Waals surface area contributed by atoms with E-state index in [1.807, 2.05) is 37.3 Å². The number of furan rings is 1. The van der Waals surface area contributed by atoms with Crippen LogP contribution in [0.15, 0.2) is 41.0 Å². The molecular weight excluding hydrogens is 226 g/mol. The molecule has 1 heterocycles. The first-order valence-corrected chi connectivity index (χ1v) is 6.29. The van der Waals surface area contributed by atoms with Crippen LogP contribution in [0.5, 0.6) is 5.75 Å². The number of rotatable bonds is 6. The molecule has 0 bridgehead atoms. The molecule has 0 unspecified atom stereocenters. The fourth-order valence-electron chi connectivity index (χ4n) is 1.68. The van der Waals surface area contributed by atoms with Crippen LogP contribution in [-0.2, 0) is 6.54 Å². The Balaban J connectivity index is 1.95. The molecule has 0 aliphatic heterocycles. The van der Waals surface area contributed by atoms with E-state index in [4.69, 9.17) is 9.15 Å². The first-order valence-electron chi connectivity index (χ1n) is 6.29. The summed E-state index contributed by atoms with van der Waals surface area (Å²) >= 11 is 0. The Kier molecular flexibility index (Phi) is 4.29. The zero-order valence-electron chi connectivity index (χ0n) is 10.9. The van der Waals surface area contributed by atoms with E-state index in [9.17, 15) is 0 Å². The lowest BCUT2D eigenvalue weighted by molar-refractivity contribution is 0.317. The van der Waals surface area contributed by atoms with Crippen LogP contribution >= 0.6 is 0 Å². The molecule has 0 saturated carbocycles. The van der Waals surface area contributed by atoms with Crippen molar-refractivity contribution in [1.29, 1.82) is 0 Å². The molecule has 2 rings (SSSR count). The molecule has 0 amide bonds. The summed E-state index contributed by atoms with van der Waals surface area (Å²) in [6.07, 6.45) is 2.73. The standard InChI is InChI=1S/C15H19NO2/c1-3-8-17-14-6-4-5-13(10-14)16-11-15-12(2)7-9-18-15/h4-7,9-10,16H,3,8,11H2,1-2H3. The summed E-state index contributed by atoms with van der Waals surface area (Å²) in [5.74, 6) is 1.87. The molecule has 2 aromatic rings. The molecule has 96 valence electrons. The van der Waals surface area contributed by atoms with Gasteiger partial charge in [-0.05, 0) is 37.1 Å². The molecule has 0 saturated heterocycles. The summed E-state index contributed by atoms with van der Waals surface area (Å²) in [6, 6.07) is 9.96. The third-order valence-corrected chi connectivity index (χ3v) is 2.73. The number of ether oxygens (including phenoxy) is 1. The van der Waals surface area contributed by atoms with E-state index in [0.29, 0.717) is 6.54 Å². The monoisotopic (exact) mass is 245 g/mol. The van der Waals surface area contributed by atoms with E-state index in [2.05, 4.69) is 12.2 Å². The van der Waals surface area contributed by atoms with Gasteiger partial charge in [-0.1, -0.05) is 13.0 Å². The second-order valence-electron chi connectivity index (χ2n) is 4.26. The second-order valence-corrected chi connectivity index (χ2v) is 4.26. The van der Waals surface area contributed by atoms with E-state index in [0.717, 1.165) is 30.2 Å². The maximum absolute atomic E-state index is 5.59. The van der Waals surface area contributed by atoms with Gasteiger partial charge in [0.15, 0.2) is 0 Å². The average molecular weight is 245 g/mol. The minimum atomic E-state index is 0.691. The van der Waals surface area contributed by atoms with E-state index in [1.165, 1.54) is 5.56 Å². The third kappa shape index (κ3) is 3.29. The van der Waals surface area contributed by atoms with Gasteiger partial charge in [-0.3, -0.25) is 0 Å². The molecule has 0 radical (unpaired) electrons. The van der Waals surface area contributed by atoms with Gasteiger partial charge < -0.3 is 14.5 Å². The lowest BCUT2D eigenvalue weighted by Gasteiger charge is -2.08. The summed E-state index contributed by atoms with van der Waals surface area (Å²) in [5, 5.41) is 3.33. The molecule has 3 nitrogen and oxygen atoms in total. The Morgan fingerprint density at radius 3 is 2.89 bits per heavy atom. The van der Waals surface area contributed by atoms with Crippen molar-refractivity contribution < 1.29 is 9.15 Å². The molecule has 3 heteroatoms. The zero-order valence-corrected chi connectivity index (χ0v) is 10.9.